The lowest BCUT2D eigenvalue weighted by molar-refractivity contribution is 0.447. The second kappa shape index (κ2) is 4.56. The van der Waals surface area contributed by atoms with Gasteiger partial charge in [-0.15, -0.1) is 0 Å². The Balaban J connectivity index is 2.37. The zero-order valence-electron chi connectivity index (χ0n) is 11.1. The normalized spacial score (nSPS) is 10.9. The first kappa shape index (κ1) is 13.1. The van der Waals surface area contributed by atoms with Gasteiger partial charge in [-0.1, -0.05) is 0 Å². The molecule has 0 aliphatic heterocycles. The lowest BCUT2D eigenvalue weighted by Gasteiger charge is -2.08. The maximum absolute atomic E-state index is 12.3. The van der Waals surface area contributed by atoms with Crippen molar-refractivity contribution in [1.29, 1.82) is 0 Å². The standard InChI is InChI=1S/C16H12O5/c1-8-6-11(18)7-12-13(8)14(19)15(20)16(21-12)9-2-4-10(17)5-3-9/h2-7,17-18,20H,1H3. The molecule has 21 heavy (non-hydrogen) atoms. The molecule has 3 aromatic rings. The van der Waals surface area contributed by atoms with Crippen LogP contribution in [-0.2, 0) is 0 Å². The Morgan fingerprint density at radius 2 is 1.62 bits per heavy atom. The van der Waals surface area contributed by atoms with E-state index in [9.17, 15) is 20.1 Å². The van der Waals surface area contributed by atoms with E-state index in [1.165, 1.54) is 36.4 Å². The third-order valence-electron chi connectivity index (χ3n) is 3.28. The van der Waals surface area contributed by atoms with Gasteiger partial charge in [-0.3, -0.25) is 4.79 Å². The largest absolute Gasteiger partial charge is 0.508 e. The van der Waals surface area contributed by atoms with Crippen molar-refractivity contribution in [2.75, 3.05) is 0 Å². The Morgan fingerprint density at radius 3 is 2.29 bits per heavy atom. The van der Waals surface area contributed by atoms with Gasteiger partial charge in [-0.25, -0.2) is 0 Å². The van der Waals surface area contributed by atoms with E-state index in [1.54, 1.807) is 6.92 Å². The SMILES string of the molecule is Cc1cc(O)cc2oc(-c3ccc(O)cc3)c(O)c(=O)c12. The molecule has 0 unspecified atom stereocenters. The second-order valence-corrected chi connectivity index (χ2v) is 4.79. The zero-order chi connectivity index (χ0) is 15.1. The summed E-state index contributed by atoms with van der Waals surface area (Å²) in [6.07, 6.45) is 0. The van der Waals surface area contributed by atoms with Crippen molar-refractivity contribution in [2.45, 2.75) is 6.92 Å². The summed E-state index contributed by atoms with van der Waals surface area (Å²) in [5.41, 5.74) is 0.604. The third-order valence-corrected chi connectivity index (χ3v) is 3.28. The molecule has 1 heterocycles. The van der Waals surface area contributed by atoms with E-state index in [4.69, 9.17) is 4.42 Å². The topological polar surface area (TPSA) is 90.9 Å². The van der Waals surface area contributed by atoms with Crippen molar-refractivity contribution in [2.24, 2.45) is 0 Å². The fourth-order valence-electron chi connectivity index (χ4n) is 2.30. The minimum absolute atomic E-state index is 0.00231. The molecule has 0 spiro atoms. The molecular weight excluding hydrogens is 272 g/mol. The summed E-state index contributed by atoms with van der Waals surface area (Å²) in [5.74, 6) is -0.458. The number of aryl methyl sites for hydroxylation is 1. The van der Waals surface area contributed by atoms with E-state index < -0.39 is 11.2 Å². The first-order valence-electron chi connectivity index (χ1n) is 6.26. The van der Waals surface area contributed by atoms with Gasteiger partial charge in [0.15, 0.2) is 5.76 Å². The Morgan fingerprint density at radius 1 is 0.952 bits per heavy atom. The number of aromatic hydroxyl groups is 3. The summed E-state index contributed by atoms with van der Waals surface area (Å²) >= 11 is 0. The van der Waals surface area contributed by atoms with Crippen molar-refractivity contribution in [3.63, 3.8) is 0 Å². The Labute approximate surface area is 119 Å². The summed E-state index contributed by atoms with van der Waals surface area (Å²) in [7, 11) is 0. The molecule has 3 N–H and O–H groups in total. The molecule has 0 fully saturated rings. The van der Waals surface area contributed by atoms with Crippen molar-refractivity contribution >= 4 is 11.0 Å². The molecule has 5 heteroatoms. The lowest BCUT2D eigenvalue weighted by atomic mass is 10.1. The summed E-state index contributed by atoms with van der Waals surface area (Å²) in [6, 6.07) is 8.65. The molecule has 106 valence electrons. The van der Waals surface area contributed by atoms with E-state index in [0.717, 1.165) is 0 Å². The number of fused-ring (bicyclic) bond motifs is 1. The Hall–Kier alpha value is -2.95. The van der Waals surface area contributed by atoms with E-state index >= 15 is 0 Å². The average molecular weight is 284 g/mol. The van der Waals surface area contributed by atoms with Gasteiger partial charge in [-0.05, 0) is 42.8 Å². The molecule has 2 aromatic carbocycles. The molecule has 5 nitrogen and oxygen atoms in total. The minimum atomic E-state index is -0.558. The number of phenols is 2. The van der Waals surface area contributed by atoms with Crippen LogP contribution >= 0.6 is 0 Å². The maximum Gasteiger partial charge on any atom is 0.235 e. The molecule has 1 aromatic heterocycles. The Kier molecular flexibility index (Phi) is 2.83. The molecule has 0 saturated carbocycles. The van der Waals surface area contributed by atoms with Gasteiger partial charge in [0, 0.05) is 11.6 Å². The molecule has 3 rings (SSSR count). The van der Waals surface area contributed by atoms with Crippen LogP contribution < -0.4 is 5.43 Å². The van der Waals surface area contributed by atoms with Crippen molar-refractivity contribution in [3.8, 4) is 28.6 Å². The van der Waals surface area contributed by atoms with E-state index in [1.807, 2.05) is 0 Å². The Bertz CT molecular complexity index is 891. The molecule has 0 atom stereocenters. The number of hydrogen-bond acceptors (Lipinski definition) is 5. The summed E-state index contributed by atoms with van der Waals surface area (Å²) in [5, 5.41) is 29.2. The van der Waals surface area contributed by atoms with Gasteiger partial charge in [0.1, 0.15) is 17.1 Å². The fourth-order valence-corrected chi connectivity index (χ4v) is 2.30. The van der Waals surface area contributed by atoms with Crippen LogP contribution in [0, 0.1) is 6.92 Å². The van der Waals surface area contributed by atoms with Crippen LogP contribution in [-0.4, -0.2) is 15.3 Å². The predicted octanol–water partition coefficient (Wildman–Crippen LogP) is 2.89. The molecule has 0 saturated heterocycles. The van der Waals surface area contributed by atoms with Gasteiger partial charge in [0.2, 0.25) is 11.2 Å². The van der Waals surface area contributed by atoms with Crippen LogP contribution in [0.15, 0.2) is 45.6 Å². The van der Waals surface area contributed by atoms with E-state index in [2.05, 4.69) is 0 Å². The van der Waals surface area contributed by atoms with E-state index in [-0.39, 0.29) is 28.2 Å². The highest BCUT2D eigenvalue weighted by atomic mass is 16.4. The highest BCUT2D eigenvalue weighted by molar-refractivity contribution is 5.85. The zero-order valence-corrected chi connectivity index (χ0v) is 11.1. The number of phenolic OH excluding ortho intramolecular Hbond substituents is 2. The van der Waals surface area contributed by atoms with E-state index in [0.29, 0.717) is 11.1 Å². The maximum atomic E-state index is 12.3. The smallest absolute Gasteiger partial charge is 0.235 e. The van der Waals surface area contributed by atoms with Crippen LogP contribution in [0.4, 0.5) is 0 Å². The van der Waals surface area contributed by atoms with Gasteiger partial charge >= 0.3 is 0 Å². The van der Waals surface area contributed by atoms with Gasteiger partial charge in [0.25, 0.3) is 0 Å². The lowest BCUT2D eigenvalue weighted by Crippen LogP contribution is -2.04. The highest BCUT2D eigenvalue weighted by Crippen LogP contribution is 2.33. The number of hydrogen-bond donors (Lipinski definition) is 3. The summed E-state index contributed by atoms with van der Waals surface area (Å²) < 4.78 is 5.57. The van der Waals surface area contributed by atoms with Crippen LogP contribution in [0.2, 0.25) is 0 Å². The van der Waals surface area contributed by atoms with Gasteiger partial charge in [0.05, 0.1) is 5.39 Å². The fraction of sp³-hybridized carbons (Fsp3) is 0.0625. The van der Waals surface area contributed by atoms with Crippen LogP contribution in [0.1, 0.15) is 5.56 Å². The minimum Gasteiger partial charge on any atom is -0.508 e. The van der Waals surface area contributed by atoms with Crippen LogP contribution in [0.3, 0.4) is 0 Å². The molecule has 0 bridgehead atoms. The van der Waals surface area contributed by atoms with Crippen molar-refractivity contribution in [3.05, 3.63) is 52.2 Å². The monoisotopic (exact) mass is 284 g/mol. The van der Waals surface area contributed by atoms with Gasteiger partial charge < -0.3 is 19.7 Å². The summed E-state index contributed by atoms with van der Waals surface area (Å²) in [4.78, 5) is 12.3. The number of benzene rings is 2. The number of rotatable bonds is 1. The molecular formula is C16H12O5. The first-order chi connectivity index (χ1) is 9.97. The van der Waals surface area contributed by atoms with Gasteiger partial charge in [-0.2, -0.15) is 0 Å². The van der Waals surface area contributed by atoms with Crippen LogP contribution in [0.5, 0.6) is 17.2 Å². The molecule has 0 amide bonds. The van der Waals surface area contributed by atoms with Crippen molar-refractivity contribution in [1.82, 2.24) is 0 Å². The molecule has 0 aliphatic rings. The first-order valence-corrected chi connectivity index (χ1v) is 6.26. The average Bonchev–Trinajstić information content (AvgIpc) is 2.43. The second-order valence-electron chi connectivity index (χ2n) is 4.79. The van der Waals surface area contributed by atoms with Crippen LogP contribution in [0.25, 0.3) is 22.3 Å². The molecule has 0 radical (unpaired) electrons. The predicted molar refractivity (Wildman–Crippen MR) is 77.7 cm³/mol. The molecule has 0 aliphatic carbocycles. The quantitative estimate of drug-likeness (QED) is 0.639. The highest BCUT2D eigenvalue weighted by Gasteiger charge is 2.17. The third kappa shape index (κ3) is 2.08. The van der Waals surface area contributed by atoms with Crippen molar-refractivity contribution < 1.29 is 19.7 Å². The summed E-state index contributed by atoms with van der Waals surface area (Å²) in [6.45, 7) is 1.65.